The van der Waals surface area contributed by atoms with Crippen LogP contribution in [0.3, 0.4) is 0 Å². The molecule has 20 heavy (non-hydrogen) atoms. The highest BCUT2D eigenvalue weighted by Gasteiger charge is 2.03. The minimum atomic E-state index is 0. The van der Waals surface area contributed by atoms with Crippen LogP contribution >= 0.6 is 11.6 Å². The average Bonchev–Trinajstić information content (AvgIpc) is 2.41. The van der Waals surface area contributed by atoms with Crippen LogP contribution in [0.1, 0.15) is 16.7 Å². The van der Waals surface area contributed by atoms with E-state index in [4.69, 9.17) is 16.3 Å². The molecule has 0 aromatic heterocycles. The Kier molecular flexibility index (Phi) is 6.86. The van der Waals surface area contributed by atoms with E-state index < -0.39 is 0 Å². The van der Waals surface area contributed by atoms with Crippen molar-refractivity contribution in [1.29, 1.82) is 0 Å². The van der Waals surface area contributed by atoms with Gasteiger partial charge in [0.05, 0.1) is 7.11 Å². The van der Waals surface area contributed by atoms with Gasteiger partial charge < -0.3 is 22.5 Å². The molecule has 0 aliphatic rings. The van der Waals surface area contributed by atoms with E-state index in [0.29, 0.717) is 0 Å². The highest BCUT2D eigenvalue weighted by atomic mass is 35.5. The van der Waals surface area contributed by atoms with E-state index in [1.54, 1.807) is 7.11 Å². The minimum absolute atomic E-state index is 0. The zero-order chi connectivity index (χ0) is 13.7. The summed E-state index contributed by atoms with van der Waals surface area (Å²) < 4.78 is 5.32. The normalized spacial score (nSPS) is 9.95. The number of ether oxygens (including phenoxy) is 1. The summed E-state index contributed by atoms with van der Waals surface area (Å²) in [7, 11) is 1.67. The lowest BCUT2D eigenvalue weighted by atomic mass is 10.1. The van der Waals surface area contributed by atoms with Gasteiger partial charge in [0.2, 0.25) is 0 Å². The highest BCUT2D eigenvalue weighted by molar-refractivity contribution is 6.30. The second-order valence-electron chi connectivity index (χ2n) is 4.55. The van der Waals surface area contributed by atoms with Crippen molar-refractivity contribution in [2.45, 2.75) is 20.0 Å². The van der Waals surface area contributed by atoms with Crippen LogP contribution in [-0.2, 0) is 13.1 Å². The molecule has 0 saturated carbocycles. The van der Waals surface area contributed by atoms with Gasteiger partial charge in [-0.25, -0.2) is 0 Å². The maximum atomic E-state index is 6.00. The van der Waals surface area contributed by atoms with Crippen molar-refractivity contribution in [3.05, 3.63) is 64.2 Å². The molecule has 0 heterocycles. The van der Waals surface area contributed by atoms with E-state index in [0.717, 1.165) is 29.4 Å². The number of nitrogens with one attached hydrogen (secondary N) is 1. The molecule has 0 radical (unpaired) electrons. The standard InChI is InChI=1S/C16H18ClNO.ClH/c1-12-3-5-13(6-4-12)10-18-11-14-9-15(17)7-8-16(14)19-2;/h3-9,18H,10-11H2,1-2H3;1H/p-1. The fourth-order valence-corrected chi connectivity index (χ4v) is 2.13. The van der Waals surface area contributed by atoms with Crippen LogP contribution in [0, 0.1) is 6.92 Å². The Hall–Kier alpha value is -1.22. The first-order valence-electron chi connectivity index (χ1n) is 6.27. The topological polar surface area (TPSA) is 21.3 Å². The molecule has 0 spiro atoms. The molecule has 0 aliphatic heterocycles. The van der Waals surface area contributed by atoms with Crippen LogP contribution in [0.15, 0.2) is 42.5 Å². The van der Waals surface area contributed by atoms with E-state index in [1.807, 2.05) is 18.2 Å². The number of rotatable bonds is 5. The minimum Gasteiger partial charge on any atom is -1.00 e. The molecule has 2 aromatic rings. The summed E-state index contributed by atoms with van der Waals surface area (Å²) >= 11 is 6.00. The predicted molar refractivity (Wildman–Crippen MR) is 79.7 cm³/mol. The van der Waals surface area contributed by atoms with Crippen molar-refractivity contribution in [3.63, 3.8) is 0 Å². The molecular weight excluding hydrogens is 293 g/mol. The maximum absolute atomic E-state index is 6.00. The van der Waals surface area contributed by atoms with Gasteiger partial charge in [-0.3, -0.25) is 0 Å². The van der Waals surface area contributed by atoms with E-state index in [2.05, 4.69) is 36.5 Å². The second kappa shape index (κ2) is 8.15. The van der Waals surface area contributed by atoms with Gasteiger partial charge in [0.1, 0.15) is 5.75 Å². The summed E-state index contributed by atoms with van der Waals surface area (Å²) in [5.74, 6) is 0.862. The quantitative estimate of drug-likeness (QED) is 0.888. The maximum Gasteiger partial charge on any atom is 0.123 e. The Morgan fingerprint density at radius 3 is 2.40 bits per heavy atom. The Morgan fingerprint density at radius 2 is 1.75 bits per heavy atom. The van der Waals surface area contributed by atoms with Crippen molar-refractivity contribution in [1.82, 2.24) is 5.32 Å². The zero-order valence-corrected chi connectivity index (χ0v) is 13.1. The lowest BCUT2D eigenvalue weighted by Crippen LogP contribution is -3.00. The van der Waals surface area contributed by atoms with Crippen LogP contribution in [0.25, 0.3) is 0 Å². The molecule has 0 fully saturated rings. The fourth-order valence-electron chi connectivity index (χ4n) is 1.93. The van der Waals surface area contributed by atoms with Crippen LogP contribution in [0.4, 0.5) is 0 Å². The van der Waals surface area contributed by atoms with Crippen molar-refractivity contribution in [3.8, 4) is 5.75 Å². The lowest BCUT2D eigenvalue weighted by molar-refractivity contribution is -0.00000416. The van der Waals surface area contributed by atoms with Crippen molar-refractivity contribution < 1.29 is 17.1 Å². The second-order valence-corrected chi connectivity index (χ2v) is 4.98. The van der Waals surface area contributed by atoms with Crippen LogP contribution in [0.2, 0.25) is 5.02 Å². The number of methoxy groups -OCH3 is 1. The number of hydrogen-bond donors (Lipinski definition) is 1. The van der Waals surface area contributed by atoms with Crippen molar-refractivity contribution >= 4 is 11.6 Å². The summed E-state index contributed by atoms with van der Waals surface area (Å²) in [5.41, 5.74) is 3.62. The fraction of sp³-hybridized carbons (Fsp3) is 0.250. The SMILES string of the molecule is COc1ccc(Cl)cc1CNCc1ccc(C)cc1.[Cl-]. The van der Waals surface area contributed by atoms with E-state index in [9.17, 15) is 0 Å². The summed E-state index contributed by atoms with van der Waals surface area (Å²) in [6.07, 6.45) is 0. The van der Waals surface area contributed by atoms with Gasteiger partial charge >= 0.3 is 0 Å². The van der Waals surface area contributed by atoms with Crippen LogP contribution in [0.5, 0.6) is 5.75 Å². The van der Waals surface area contributed by atoms with Gasteiger partial charge in [-0.1, -0.05) is 41.4 Å². The molecule has 0 unspecified atom stereocenters. The monoisotopic (exact) mass is 310 g/mol. The summed E-state index contributed by atoms with van der Waals surface area (Å²) in [4.78, 5) is 0. The molecule has 2 rings (SSSR count). The Labute approximate surface area is 131 Å². The molecule has 2 nitrogen and oxygen atoms in total. The van der Waals surface area contributed by atoms with Gasteiger partial charge in [0, 0.05) is 23.7 Å². The largest absolute Gasteiger partial charge is 1.00 e. The Balaban J connectivity index is 0.00000200. The Morgan fingerprint density at radius 1 is 1.05 bits per heavy atom. The number of aryl methyl sites for hydroxylation is 1. The number of benzene rings is 2. The molecule has 1 N–H and O–H groups in total. The van der Waals surface area contributed by atoms with Crippen LogP contribution < -0.4 is 22.5 Å². The van der Waals surface area contributed by atoms with E-state index in [1.165, 1.54) is 11.1 Å². The molecule has 0 bridgehead atoms. The number of hydrogen-bond acceptors (Lipinski definition) is 2. The van der Waals surface area contributed by atoms with Gasteiger partial charge in [0.25, 0.3) is 0 Å². The van der Waals surface area contributed by atoms with E-state index >= 15 is 0 Å². The van der Waals surface area contributed by atoms with Gasteiger partial charge in [-0.2, -0.15) is 0 Å². The third-order valence-corrected chi connectivity index (χ3v) is 3.24. The first-order valence-corrected chi connectivity index (χ1v) is 6.65. The van der Waals surface area contributed by atoms with Gasteiger partial charge in [0.15, 0.2) is 0 Å². The molecule has 2 aromatic carbocycles. The molecule has 0 saturated heterocycles. The molecule has 0 amide bonds. The zero-order valence-electron chi connectivity index (χ0n) is 11.6. The molecule has 4 heteroatoms. The highest BCUT2D eigenvalue weighted by Crippen LogP contribution is 2.22. The predicted octanol–water partition coefficient (Wildman–Crippen LogP) is 0.951. The number of halogens is 2. The van der Waals surface area contributed by atoms with Crippen molar-refractivity contribution in [2.75, 3.05) is 7.11 Å². The molecule has 0 atom stereocenters. The first kappa shape index (κ1) is 16.8. The van der Waals surface area contributed by atoms with Gasteiger partial charge in [-0.05, 0) is 30.7 Å². The summed E-state index contributed by atoms with van der Waals surface area (Å²) in [6, 6.07) is 14.2. The lowest BCUT2D eigenvalue weighted by Gasteiger charge is -2.10. The van der Waals surface area contributed by atoms with E-state index in [-0.39, 0.29) is 12.4 Å². The molecule has 0 aliphatic carbocycles. The Bertz CT molecular complexity index is 541. The summed E-state index contributed by atoms with van der Waals surface area (Å²) in [5, 5.41) is 4.13. The molecular formula is C16H18Cl2NO-. The first-order chi connectivity index (χ1) is 9.19. The third-order valence-electron chi connectivity index (χ3n) is 3.01. The van der Waals surface area contributed by atoms with Gasteiger partial charge in [-0.15, -0.1) is 0 Å². The summed E-state index contributed by atoms with van der Waals surface area (Å²) in [6.45, 7) is 3.65. The molecule has 108 valence electrons. The average molecular weight is 311 g/mol. The van der Waals surface area contributed by atoms with Crippen molar-refractivity contribution in [2.24, 2.45) is 0 Å². The third kappa shape index (κ3) is 4.71. The smallest absolute Gasteiger partial charge is 0.123 e. The van der Waals surface area contributed by atoms with Crippen LogP contribution in [-0.4, -0.2) is 7.11 Å².